The molecule has 128 valence electrons. The number of carbonyl (C=O) groups excluding carboxylic acids is 2. The largest absolute Gasteiger partial charge is 0.341 e. The number of aromatic nitrogens is 2. The summed E-state index contributed by atoms with van der Waals surface area (Å²) in [4.78, 5) is 26.6. The van der Waals surface area contributed by atoms with Gasteiger partial charge in [-0.2, -0.15) is 10.4 Å². The molecule has 1 atom stereocenters. The van der Waals surface area contributed by atoms with Crippen LogP contribution in [-0.2, 0) is 4.79 Å². The number of Topliss-reactive ketones (excluding diaryl/α,β-unsaturated/α-hetero) is 1. The molecule has 25 heavy (non-hydrogen) atoms. The molecule has 6 nitrogen and oxygen atoms in total. The van der Waals surface area contributed by atoms with Crippen LogP contribution in [0.5, 0.6) is 0 Å². The summed E-state index contributed by atoms with van der Waals surface area (Å²) in [6.45, 7) is 5.13. The summed E-state index contributed by atoms with van der Waals surface area (Å²) >= 11 is 0. The van der Waals surface area contributed by atoms with Crippen LogP contribution in [0.15, 0.2) is 30.3 Å². The van der Waals surface area contributed by atoms with Gasteiger partial charge in [0.05, 0.1) is 17.5 Å². The van der Waals surface area contributed by atoms with Crippen molar-refractivity contribution in [1.82, 2.24) is 14.7 Å². The Kier molecular flexibility index (Phi) is 4.66. The van der Waals surface area contributed by atoms with Gasteiger partial charge in [0, 0.05) is 24.3 Å². The number of benzene rings is 1. The summed E-state index contributed by atoms with van der Waals surface area (Å²) in [5, 5.41) is 13.7. The minimum atomic E-state index is -1.27. The lowest BCUT2D eigenvalue weighted by molar-refractivity contribution is -0.131. The van der Waals surface area contributed by atoms with Gasteiger partial charge in [0.25, 0.3) is 0 Å². The van der Waals surface area contributed by atoms with Crippen LogP contribution >= 0.6 is 0 Å². The van der Waals surface area contributed by atoms with Gasteiger partial charge in [-0.25, -0.2) is 4.68 Å². The third-order valence-electron chi connectivity index (χ3n) is 4.46. The van der Waals surface area contributed by atoms with Crippen LogP contribution in [0.4, 0.5) is 0 Å². The maximum absolute atomic E-state index is 12.6. The van der Waals surface area contributed by atoms with Crippen LogP contribution in [0.2, 0.25) is 0 Å². The van der Waals surface area contributed by atoms with E-state index in [2.05, 4.69) is 5.10 Å². The van der Waals surface area contributed by atoms with Crippen molar-refractivity contribution in [3.8, 4) is 11.8 Å². The molecular formula is C19H20N4O2. The van der Waals surface area contributed by atoms with Gasteiger partial charge in [0.15, 0.2) is 11.7 Å². The fraction of sp³-hybridized carbons (Fsp3) is 0.368. The van der Waals surface area contributed by atoms with Gasteiger partial charge in [-0.1, -0.05) is 0 Å². The summed E-state index contributed by atoms with van der Waals surface area (Å²) in [5.74, 6) is -2.09. The molecule has 3 rings (SSSR count). The minimum Gasteiger partial charge on any atom is -0.341 e. The van der Waals surface area contributed by atoms with Crippen LogP contribution in [0.1, 0.15) is 34.6 Å². The Morgan fingerprint density at radius 2 is 1.80 bits per heavy atom. The number of hydrogen-bond acceptors (Lipinski definition) is 4. The van der Waals surface area contributed by atoms with Crippen molar-refractivity contribution in [3.63, 3.8) is 0 Å². The molecule has 0 N–H and O–H groups in total. The Bertz CT molecular complexity index is 839. The van der Waals surface area contributed by atoms with Gasteiger partial charge >= 0.3 is 0 Å². The van der Waals surface area contributed by atoms with Crippen LogP contribution in [0.25, 0.3) is 5.69 Å². The second-order valence-corrected chi connectivity index (χ2v) is 6.34. The Hall–Kier alpha value is -2.94. The van der Waals surface area contributed by atoms with Crippen LogP contribution in [-0.4, -0.2) is 39.5 Å². The fourth-order valence-electron chi connectivity index (χ4n) is 3.17. The molecule has 1 fully saturated rings. The summed E-state index contributed by atoms with van der Waals surface area (Å²) < 4.78 is 1.79. The predicted molar refractivity (Wildman–Crippen MR) is 92.3 cm³/mol. The van der Waals surface area contributed by atoms with Crippen LogP contribution in [0.3, 0.4) is 0 Å². The van der Waals surface area contributed by atoms with Crippen molar-refractivity contribution in [2.75, 3.05) is 13.1 Å². The Labute approximate surface area is 146 Å². The average molecular weight is 336 g/mol. The molecule has 0 saturated carbocycles. The normalized spacial score (nSPS) is 15.0. The van der Waals surface area contributed by atoms with Gasteiger partial charge in [0.2, 0.25) is 5.91 Å². The first-order valence-corrected chi connectivity index (χ1v) is 8.37. The van der Waals surface area contributed by atoms with Crippen LogP contribution in [0, 0.1) is 31.1 Å². The number of ketones is 1. The van der Waals surface area contributed by atoms with Crippen molar-refractivity contribution >= 4 is 11.7 Å². The number of aryl methyl sites for hydroxylation is 2. The van der Waals surface area contributed by atoms with Crippen molar-refractivity contribution in [3.05, 3.63) is 47.3 Å². The Balaban J connectivity index is 1.81. The first-order valence-electron chi connectivity index (χ1n) is 8.37. The van der Waals surface area contributed by atoms with Gasteiger partial charge in [-0.3, -0.25) is 9.59 Å². The Morgan fingerprint density at radius 1 is 1.16 bits per heavy atom. The number of nitriles is 1. The zero-order valence-corrected chi connectivity index (χ0v) is 14.4. The zero-order chi connectivity index (χ0) is 18.0. The molecule has 0 spiro atoms. The first-order chi connectivity index (χ1) is 12.0. The first kappa shape index (κ1) is 16.9. The number of hydrogen-bond donors (Lipinski definition) is 0. The van der Waals surface area contributed by atoms with Gasteiger partial charge in [0.1, 0.15) is 0 Å². The lowest BCUT2D eigenvalue weighted by Crippen LogP contribution is -2.37. The highest BCUT2D eigenvalue weighted by atomic mass is 16.2. The van der Waals surface area contributed by atoms with E-state index in [4.69, 9.17) is 0 Å². The van der Waals surface area contributed by atoms with E-state index in [-0.39, 0.29) is 5.91 Å². The monoisotopic (exact) mass is 336 g/mol. The number of carbonyl (C=O) groups is 2. The molecule has 6 heteroatoms. The van der Waals surface area contributed by atoms with E-state index in [1.54, 1.807) is 33.8 Å². The molecule has 1 aromatic heterocycles. The Morgan fingerprint density at radius 3 is 2.32 bits per heavy atom. The molecule has 1 aromatic carbocycles. The number of likely N-dealkylation sites (tertiary alicyclic amines) is 1. The van der Waals surface area contributed by atoms with E-state index in [0.29, 0.717) is 18.7 Å². The van der Waals surface area contributed by atoms with Crippen LogP contribution < -0.4 is 0 Å². The highest BCUT2D eigenvalue weighted by Gasteiger charge is 2.32. The smallest absolute Gasteiger partial charge is 0.247 e. The molecule has 1 saturated heterocycles. The molecular weight excluding hydrogens is 316 g/mol. The van der Waals surface area contributed by atoms with E-state index in [0.717, 1.165) is 29.9 Å². The molecule has 0 aliphatic carbocycles. The minimum absolute atomic E-state index is 0.365. The quantitative estimate of drug-likeness (QED) is 0.634. The number of rotatable bonds is 4. The molecule has 0 unspecified atom stereocenters. The average Bonchev–Trinajstić information content (AvgIpc) is 3.25. The molecule has 2 aromatic rings. The highest BCUT2D eigenvalue weighted by Crippen LogP contribution is 2.18. The molecule has 1 amide bonds. The van der Waals surface area contributed by atoms with Gasteiger partial charge < -0.3 is 4.90 Å². The summed E-state index contributed by atoms with van der Waals surface area (Å²) in [5.41, 5.74) is 3.11. The fourth-order valence-corrected chi connectivity index (χ4v) is 3.17. The summed E-state index contributed by atoms with van der Waals surface area (Å²) in [7, 11) is 0. The van der Waals surface area contributed by atoms with E-state index in [1.807, 2.05) is 26.0 Å². The van der Waals surface area contributed by atoms with E-state index < -0.39 is 11.7 Å². The molecule has 1 aliphatic rings. The third kappa shape index (κ3) is 3.31. The van der Waals surface area contributed by atoms with Gasteiger partial charge in [-0.05, 0) is 57.0 Å². The van der Waals surface area contributed by atoms with E-state index >= 15 is 0 Å². The third-order valence-corrected chi connectivity index (χ3v) is 4.46. The van der Waals surface area contributed by atoms with E-state index in [1.165, 1.54) is 0 Å². The summed E-state index contributed by atoms with van der Waals surface area (Å²) in [6, 6.07) is 10.7. The van der Waals surface area contributed by atoms with Crippen molar-refractivity contribution in [1.29, 1.82) is 5.26 Å². The predicted octanol–water partition coefficient (Wildman–Crippen LogP) is 2.43. The standard InChI is InChI=1S/C19H20N4O2/c1-13-11-14(2)23(21-13)16-7-5-15(6-8-16)18(24)17(12-20)19(25)22-9-3-4-10-22/h5-8,11,17H,3-4,9-10H2,1-2H3/t17-/m1/s1. The second kappa shape index (κ2) is 6.89. The zero-order valence-electron chi connectivity index (χ0n) is 14.4. The lowest BCUT2D eigenvalue weighted by Gasteiger charge is -2.18. The number of nitrogens with zero attached hydrogens (tertiary/aromatic N) is 4. The second-order valence-electron chi connectivity index (χ2n) is 6.34. The maximum atomic E-state index is 12.6. The van der Waals surface area contributed by atoms with Crippen molar-refractivity contribution < 1.29 is 9.59 Å². The van der Waals surface area contributed by atoms with Crippen molar-refractivity contribution in [2.45, 2.75) is 26.7 Å². The number of amides is 1. The SMILES string of the molecule is Cc1cc(C)n(-c2ccc(C(=O)[C@@H](C#N)C(=O)N3CCCC3)cc2)n1. The van der Waals surface area contributed by atoms with Gasteiger partial charge in [-0.15, -0.1) is 0 Å². The lowest BCUT2D eigenvalue weighted by atomic mass is 9.97. The van der Waals surface area contributed by atoms with Crippen molar-refractivity contribution in [2.24, 2.45) is 5.92 Å². The molecule has 0 bridgehead atoms. The molecule has 1 aliphatic heterocycles. The topological polar surface area (TPSA) is 79.0 Å². The highest BCUT2D eigenvalue weighted by molar-refractivity contribution is 6.12. The molecule has 2 heterocycles. The van der Waals surface area contributed by atoms with E-state index in [9.17, 15) is 14.9 Å². The summed E-state index contributed by atoms with van der Waals surface area (Å²) in [6.07, 6.45) is 1.85. The molecule has 0 radical (unpaired) electrons. The maximum Gasteiger partial charge on any atom is 0.247 e.